The molecule has 1 unspecified atom stereocenters. The van der Waals surface area contributed by atoms with E-state index in [1.807, 2.05) is 12.1 Å². The van der Waals surface area contributed by atoms with Crippen LogP contribution in [0.5, 0.6) is 0 Å². The number of nitrogens with zero attached hydrogens (tertiary/aromatic N) is 2. The average Bonchev–Trinajstić information content (AvgIpc) is 2.42. The smallest absolute Gasteiger partial charge is 0.328 e. The Bertz CT molecular complexity index is 466. The Labute approximate surface area is 127 Å². The number of carboxylic acids is 1. The van der Waals surface area contributed by atoms with E-state index in [1.165, 1.54) is 5.56 Å². The molecule has 21 heavy (non-hydrogen) atoms. The number of carbonyl (C=O) groups is 1. The fourth-order valence-corrected chi connectivity index (χ4v) is 2.36. The van der Waals surface area contributed by atoms with Gasteiger partial charge in [-0.3, -0.25) is 4.90 Å². The lowest BCUT2D eigenvalue weighted by Gasteiger charge is -2.30. The predicted octanol–water partition coefficient (Wildman–Crippen LogP) is 2.56. The molecule has 4 heteroatoms. The van der Waals surface area contributed by atoms with Crippen molar-refractivity contribution in [3.63, 3.8) is 0 Å². The van der Waals surface area contributed by atoms with Gasteiger partial charge in [0.15, 0.2) is 0 Å². The molecule has 1 rings (SSSR count). The Hall–Kier alpha value is -1.65. The lowest BCUT2D eigenvalue weighted by Crippen LogP contribution is -2.39. The Morgan fingerprint density at radius 2 is 1.90 bits per heavy atom. The third-order valence-corrected chi connectivity index (χ3v) is 3.44. The van der Waals surface area contributed by atoms with Gasteiger partial charge in [-0.05, 0) is 44.8 Å². The molecule has 4 nitrogen and oxygen atoms in total. The van der Waals surface area contributed by atoms with E-state index in [0.717, 1.165) is 31.3 Å². The second-order valence-corrected chi connectivity index (χ2v) is 5.59. The molecule has 0 aliphatic carbocycles. The SMILES string of the molecule is CCN(Cc1ccc(/C=C/C(=O)O)cc1)C(C)CN(C)C. The zero-order valence-corrected chi connectivity index (χ0v) is 13.4. The Kier molecular flexibility index (Phi) is 7.12. The van der Waals surface area contributed by atoms with Gasteiger partial charge in [0.1, 0.15) is 0 Å². The van der Waals surface area contributed by atoms with Crippen LogP contribution in [0, 0.1) is 0 Å². The highest BCUT2D eigenvalue weighted by molar-refractivity contribution is 5.85. The molecule has 1 aromatic rings. The van der Waals surface area contributed by atoms with Gasteiger partial charge >= 0.3 is 5.97 Å². The summed E-state index contributed by atoms with van der Waals surface area (Å²) in [4.78, 5) is 15.1. The van der Waals surface area contributed by atoms with Crippen molar-refractivity contribution in [3.05, 3.63) is 41.5 Å². The van der Waals surface area contributed by atoms with E-state index in [4.69, 9.17) is 5.11 Å². The van der Waals surface area contributed by atoms with Crippen molar-refractivity contribution in [2.75, 3.05) is 27.2 Å². The van der Waals surface area contributed by atoms with Gasteiger partial charge < -0.3 is 10.0 Å². The second-order valence-electron chi connectivity index (χ2n) is 5.59. The molecule has 0 spiro atoms. The topological polar surface area (TPSA) is 43.8 Å². The highest BCUT2D eigenvalue weighted by atomic mass is 16.4. The van der Waals surface area contributed by atoms with E-state index >= 15 is 0 Å². The predicted molar refractivity (Wildman–Crippen MR) is 87.2 cm³/mol. The standard InChI is InChI=1S/C17H26N2O2/c1-5-19(14(2)12-18(3)4)13-16-8-6-15(7-9-16)10-11-17(20)21/h6-11,14H,5,12-13H2,1-4H3,(H,20,21)/b11-10+. The van der Waals surface area contributed by atoms with E-state index in [0.29, 0.717) is 6.04 Å². The third-order valence-electron chi connectivity index (χ3n) is 3.44. The maximum atomic E-state index is 10.5. The van der Waals surface area contributed by atoms with Crippen LogP contribution in [0.4, 0.5) is 0 Å². The van der Waals surface area contributed by atoms with Crippen LogP contribution < -0.4 is 0 Å². The van der Waals surface area contributed by atoms with Gasteiger partial charge in [-0.15, -0.1) is 0 Å². The molecule has 1 N–H and O–H groups in total. The number of hydrogen-bond donors (Lipinski definition) is 1. The van der Waals surface area contributed by atoms with E-state index in [-0.39, 0.29) is 0 Å². The largest absolute Gasteiger partial charge is 0.478 e. The quantitative estimate of drug-likeness (QED) is 0.747. The zero-order chi connectivity index (χ0) is 15.8. The van der Waals surface area contributed by atoms with Crippen LogP contribution in [0.3, 0.4) is 0 Å². The van der Waals surface area contributed by atoms with E-state index in [2.05, 4.69) is 49.9 Å². The van der Waals surface area contributed by atoms with Crippen molar-refractivity contribution < 1.29 is 9.90 Å². The van der Waals surface area contributed by atoms with Crippen molar-refractivity contribution >= 4 is 12.0 Å². The van der Waals surface area contributed by atoms with Crippen LogP contribution in [0.25, 0.3) is 6.08 Å². The summed E-state index contributed by atoms with van der Waals surface area (Å²) >= 11 is 0. The molecule has 0 aliphatic heterocycles. The first-order valence-corrected chi connectivity index (χ1v) is 7.31. The number of hydrogen-bond acceptors (Lipinski definition) is 3. The van der Waals surface area contributed by atoms with Crippen molar-refractivity contribution in [1.82, 2.24) is 9.80 Å². The fraction of sp³-hybridized carbons (Fsp3) is 0.471. The van der Waals surface area contributed by atoms with Crippen LogP contribution in [0.2, 0.25) is 0 Å². The van der Waals surface area contributed by atoms with E-state index in [1.54, 1.807) is 6.08 Å². The minimum Gasteiger partial charge on any atom is -0.478 e. The highest BCUT2D eigenvalue weighted by Gasteiger charge is 2.13. The summed E-state index contributed by atoms with van der Waals surface area (Å²) < 4.78 is 0. The van der Waals surface area contributed by atoms with Crippen LogP contribution in [0.1, 0.15) is 25.0 Å². The summed E-state index contributed by atoms with van der Waals surface area (Å²) in [5, 5.41) is 8.62. The molecule has 0 saturated carbocycles. The summed E-state index contributed by atoms with van der Waals surface area (Å²) in [5.74, 6) is -0.922. The van der Waals surface area contributed by atoms with Gasteiger partial charge in [-0.25, -0.2) is 4.79 Å². The lowest BCUT2D eigenvalue weighted by molar-refractivity contribution is -0.131. The summed E-state index contributed by atoms with van der Waals surface area (Å²) in [5.41, 5.74) is 2.15. The Balaban J connectivity index is 2.66. The minimum absolute atomic E-state index is 0.497. The minimum atomic E-state index is -0.922. The molecule has 0 bridgehead atoms. The van der Waals surface area contributed by atoms with Crippen molar-refractivity contribution in [1.29, 1.82) is 0 Å². The first-order valence-electron chi connectivity index (χ1n) is 7.31. The monoisotopic (exact) mass is 290 g/mol. The van der Waals surface area contributed by atoms with Crippen molar-refractivity contribution in [2.45, 2.75) is 26.4 Å². The molecule has 1 atom stereocenters. The van der Waals surface area contributed by atoms with Gasteiger partial charge in [0.25, 0.3) is 0 Å². The van der Waals surface area contributed by atoms with Gasteiger partial charge in [-0.2, -0.15) is 0 Å². The average molecular weight is 290 g/mol. The van der Waals surface area contributed by atoms with Crippen LogP contribution in [-0.2, 0) is 11.3 Å². The summed E-state index contributed by atoms with van der Waals surface area (Å²) in [6.45, 7) is 7.38. The van der Waals surface area contributed by atoms with E-state index in [9.17, 15) is 4.79 Å². The van der Waals surface area contributed by atoms with Crippen LogP contribution in [-0.4, -0.2) is 54.1 Å². The molecule has 0 aliphatic rings. The third kappa shape index (κ3) is 6.56. The number of aliphatic carboxylic acids is 1. The van der Waals surface area contributed by atoms with Crippen molar-refractivity contribution in [3.8, 4) is 0 Å². The number of rotatable bonds is 8. The van der Waals surface area contributed by atoms with Crippen molar-refractivity contribution in [2.24, 2.45) is 0 Å². The molecule has 0 amide bonds. The summed E-state index contributed by atoms with van der Waals surface area (Å²) in [6.07, 6.45) is 2.77. The Morgan fingerprint density at radius 1 is 1.29 bits per heavy atom. The molecule has 1 aromatic carbocycles. The van der Waals surface area contributed by atoms with Gasteiger partial charge in [0.2, 0.25) is 0 Å². The molecule has 0 aromatic heterocycles. The van der Waals surface area contributed by atoms with Crippen LogP contribution in [0.15, 0.2) is 30.3 Å². The summed E-state index contributed by atoms with van der Waals surface area (Å²) in [7, 11) is 4.18. The molecule has 0 fully saturated rings. The molecule has 0 heterocycles. The number of carboxylic acid groups (broad SMARTS) is 1. The Morgan fingerprint density at radius 3 is 2.38 bits per heavy atom. The molecular weight excluding hydrogens is 264 g/mol. The summed E-state index contributed by atoms with van der Waals surface area (Å²) in [6, 6.07) is 8.54. The maximum Gasteiger partial charge on any atom is 0.328 e. The van der Waals surface area contributed by atoms with Gasteiger partial charge in [0, 0.05) is 25.2 Å². The lowest BCUT2D eigenvalue weighted by atomic mass is 10.1. The number of likely N-dealkylation sites (N-methyl/N-ethyl adjacent to an activating group) is 2. The molecule has 116 valence electrons. The molecule has 0 radical (unpaired) electrons. The van der Waals surface area contributed by atoms with E-state index < -0.39 is 5.97 Å². The zero-order valence-electron chi connectivity index (χ0n) is 13.4. The van der Waals surface area contributed by atoms with Gasteiger partial charge in [0.05, 0.1) is 0 Å². The first kappa shape index (κ1) is 17.4. The maximum absolute atomic E-state index is 10.5. The second kappa shape index (κ2) is 8.60. The fourth-order valence-electron chi connectivity index (χ4n) is 2.36. The normalized spacial score (nSPS) is 13.2. The molecule has 0 saturated heterocycles. The highest BCUT2D eigenvalue weighted by Crippen LogP contribution is 2.11. The van der Waals surface area contributed by atoms with Crippen LogP contribution >= 0.6 is 0 Å². The number of benzene rings is 1. The van der Waals surface area contributed by atoms with Gasteiger partial charge in [-0.1, -0.05) is 31.2 Å². The molecular formula is C17H26N2O2. The first-order chi connectivity index (χ1) is 9.92.